The van der Waals surface area contributed by atoms with Gasteiger partial charge in [0.2, 0.25) is 0 Å². The quantitative estimate of drug-likeness (QED) is 0.336. The Labute approximate surface area is 165 Å². The maximum absolute atomic E-state index is 12.1. The van der Waals surface area contributed by atoms with Gasteiger partial charge in [0, 0.05) is 22.3 Å². The molecule has 0 atom stereocenters. The summed E-state index contributed by atoms with van der Waals surface area (Å²) in [6.07, 6.45) is 0. The van der Waals surface area contributed by atoms with Gasteiger partial charge in [-0.15, -0.1) is 0 Å². The number of phenolic OH excluding ortho intramolecular Hbond substituents is 3. The van der Waals surface area contributed by atoms with Crippen LogP contribution in [0.4, 0.5) is 0 Å². The number of carbonyl (C=O) groups is 3. The highest BCUT2D eigenvalue weighted by Gasteiger charge is 2.28. The number of aromatic hydroxyl groups is 3. The zero-order valence-electron chi connectivity index (χ0n) is 15.2. The molecule has 0 saturated heterocycles. The minimum atomic E-state index is -0.703. The Morgan fingerprint density at radius 2 is 1.07 bits per heavy atom. The summed E-state index contributed by atoms with van der Waals surface area (Å²) in [7, 11) is 1.17. The van der Waals surface area contributed by atoms with Crippen LogP contribution in [0.5, 0.6) is 17.2 Å². The van der Waals surface area contributed by atoms with Crippen molar-refractivity contribution >= 4 is 17.5 Å². The molecule has 0 radical (unpaired) electrons. The van der Waals surface area contributed by atoms with Crippen molar-refractivity contribution in [1.29, 1.82) is 0 Å². The molecule has 0 amide bonds. The largest absolute Gasteiger partial charge is 0.504 e. The number of methoxy groups -OCH3 is 1. The molecule has 3 N–H and O–H groups in total. The van der Waals surface area contributed by atoms with E-state index in [0.717, 1.165) is 12.1 Å². The van der Waals surface area contributed by atoms with E-state index in [1.54, 1.807) is 48.5 Å². The Balaban J connectivity index is 0.000000170. The van der Waals surface area contributed by atoms with Crippen molar-refractivity contribution in [2.24, 2.45) is 0 Å². The zero-order chi connectivity index (χ0) is 21.1. The number of phenols is 3. The molecule has 0 aliphatic heterocycles. The molecule has 3 aromatic carbocycles. The third-order valence-electron chi connectivity index (χ3n) is 4.32. The molecule has 0 aromatic heterocycles. The van der Waals surface area contributed by atoms with Gasteiger partial charge < -0.3 is 20.1 Å². The van der Waals surface area contributed by atoms with Crippen LogP contribution < -0.4 is 0 Å². The minimum Gasteiger partial charge on any atom is -0.504 e. The number of carbonyl (C=O) groups excluding carboxylic acids is 3. The highest BCUT2D eigenvalue weighted by Crippen LogP contribution is 2.35. The molecular weight excluding hydrogens is 376 g/mol. The van der Waals surface area contributed by atoms with Gasteiger partial charge in [-0.1, -0.05) is 48.5 Å². The molecule has 0 unspecified atom stereocenters. The van der Waals surface area contributed by atoms with Crippen molar-refractivity contribution in [3.8, 4) is 17.2 Å². The van der Waals surface area contributed by atoms with Gasteiger partial charge in [0.25, 0.3) is 0 Å². The summed E-state index contributed by atoms with van der Waals surface area (Å²) in [5, 5.41) is 26.9. The van der Waals surface area contributed by atoms with Crippen molar-refractivity contribution in [3.05, 3.63) is 88.5 Å². The first-order valence-corrected chi connectivity index (χ1v) is 8.45. The number of fused-ring (bicyclic) bond motifs is 2. The lowest BCUT2D eigenvalue weighted by Crippen LogP contribution is -2.20. The van der Waals surface area contributed by atoms with Crippen LogP contribution in [0.3, 0.4) is 0 Å². The average molecular weight is 392 g/mol. The van der Waals surface area contributed by atoms with Gasteiger partial charge in [-0.2, -0.15) is 0 Å². The predicted octanol–water partition coefficient (Wildman–Crippen LogP) is 3.05. The van der Waals surface area contributed by atoms with Gasteiger partial charge in [0.15, 0.2) is 28.8 Å². The summed E-state index contributed by atoms with van der Waals surface area (Å²) in [5.41, 5.74) is 1.99. The first kappa shape index (κ1) is 19.6. The number of hydrogen-bond acceptors (Lipinski definition) is 7. The van der Waals surface area contributed by atoms with Crippen molar-refractivity contribution in [3.63, 3.8) is 0 Å². The molecular formula is C22H16O7. The molecule has 146 valence electrons. The molecule has 1 aliphatic carbocycles. The van der Waals surface area contributed by atoms with Gasteiger partial charge in [0.1, 0.15) is 0 Å². The van der Waals surface area contributed by atoms with Gasteiger partial charge in [-0.05, 0) is 12.1 Å². The van der Waals surface area contributed by atoms with Crippen LogP contribution in [0.1, 0.15) is 42.2 Å². The maximum Gasteiger partial charge on any atom is 0.338 e. The Morgan fingerprint density at radius 1 is 0.724 bits per heavy atom. The summed E-state index contributed by atoms with van der Waals surface area (Å²) < 4.78 is 4.34. The van der Waals surface area contributed by atoms with Crippen LogP contribution in [-0.4, -0.2) is 40.0 Å². The van der Waals surface area contributed by atoms with Crippen LogP contribution >= 0.6 is 0 Å². The van der Waals surface area contributed by atoms with Gasteiger partial charge >= 0.3 is 5.97 Å². The Morgan fingerprint density at radius 3 is 1.38 bits per heavy atom. The lowest BCUT2D eigenvalue weighted by molar-refractivity contribution is 0.0599. The van der Waals surface area contributed by atoms with Crippen molar-refractivity contribution < 1.29 is 34.4 Å². The zero-order valence-corrected chi connectivity index (χ0v) is 15.2. The Hall–Kier alpha value is -4.13. The first-order valence-electron chi connectivity index (χ1n) is 8.45. The molecule has 1 aliphatic rings. The lowest BCUT2D eigenvalue weighted by Gasteiger charge is -2.16. The fraction of sp³-hybridized carbons (Fsp3) is 0.0455. The second kappa shape index (κ2) is 7.85. The fourth-order valence-corrected chi connectivity index (χ4v) is 2.89. The maximum atomic E-state index is 12.1. The number of benzene rings is 3. The number of ketones is 2. The number of ether oxygens (including phenoxy) is 1. The standard InChI is InChI=1S/C14H8O2.C8H8O5/c15-13-9-5-1-2-6-10(9)14(16)12-8-4-3-7-11(12)13;1-13-8(12)4-2-5(9)7(11)6(10)3-4/h1-8H;2-3,9-11H,1H3. The summed E-state index contributed by atoms with van der Waals surface area (Å²) >= 11 is 0. The predicted molar refractivity (Wildman–Crippen MR) is 103 cm³/mol. The van der Waals surface area contributed by atoms with E-state index < -0.39 is 23.2 Å². The van der Waals surface area contributed by atoms with Crippen molar-refractivity contribution in [1.82, 2.24) is 0 Å². The third kappa shape index (κ3) is 3.66. The second-order valence-electron chi connectivity index (χ2n) is 6.10. The minimum absolute atomic E-state index is 0.0321. The van der Waals surface area contributed by atoms with Gasteiger partial charge in [0.05, 0.1) is 12.7 Å². The van der Waals surface area contributed by atoms with Crippen LogP contribution in [0.2, 0.25) is 0 Å². The molecule has 0 saturated carbocycles. The summed E-state index contributed by atoms with van der Waals surface area (Å²) in [6.45, 7) is 0. The van der Waals surface area contributed by atoms with E-state index >= 15 is 0 Å². The Bertz CT molecular complexity index is 1000. The highest BCUT2D eigenvalue weighted by molar-refractivity contribution is 6.28. The van der Waals surface area contributed by atoms with Crippen molar-refractivity contribution in [2.75, 3.05) is 7.11 Å². The van der Waals surface area contributed by atoms with Gasteiger partial charge in [-0.25, -0.2) is 4.79 Å². The smallest absolute Gasteiger partial charge is 0.338 e. The molecule has 7 heteroatoms. The molecule has 0 bridgehead atoms. The molecule has 0 fully saturated rings. The van der Waals surface area contributed by atoms with Gasteiger partial charge in [-0.3, -0.25) is 9.59 Å². The fourth-order valence-electron chi connectivity index (χ4n) is 2.89. The lowest BCUT2D eigenvalue weighted by atomic mass is 9.84. The number of hydrogen-bond donors (Lipinski definition) is 3. The van der Waals surface area contributed by atoms with Crippen LogP contribution in [-0.2, 0) is 4.74 Å². The molecule has 7 nitrogen and oxygen atoms in total. The summed E-state index contributed by atoms with van der Waals surface area (Å²) in [6, 6.07) is 15.9. The van der Waals surface area contributed by atoms with E-state index in [1.807, 2.05) is 0 Å². The normalized spacial score (nSPS) is 11.6. The Kier molecular flexibility index (Phi) is 5.32. The SMILES string of the molecule is COC(=O)c1cc(O)c(O)c(O)c1.O=C1c2ccccc2C(=O)c2ccccc21. The number of rotatable bonds is 1. The molecule has 0 heterocycles. The molecule has 4 rings (SSSR count). The first-order chi connectivity index (χ1) is 13.8. The highest BCUT2D eigenvalue weighted by atomic mass is 16.5. The molecule has 3 aromatic rings. The van der Waals surface area contributed by atoms with Crippen LogP contribution in [0.15, 0.2) is 60.7 Å². The van der Waals surface area contributed by atoms with Crippen LogP contribution in [0.25, 0.3) is 0 Å². The summed E-state index contributed by atoms with van der Waals surface area (Å²) in [5.74, 6) is -2.63. The number of esters is 1. The van der Waals surface area contributed by atoms with Crippen LogP contribution in [0, 0.1) is 0 Å². The monoisotopic (exact) mass is 392 g/mol. The molecule has 0 spiro atoms. The van der Waals surface area contributed by atoms with E-state index in [4.69, 9.17) is 15.3 Å². The average Bonchev–Trinajstić information content (AvgIpc) is 2.75. The van der Waals surface area contributed by atoms with E-state index in [-0.39, 0.29) is 17.1 Å². The third-order valence-corrected chi connectivity index (χ3v) is 4.32. The second-order valence-corrected chi connectivity index (χ2v) is 6.10. The van der Waals surface area contributed by atoms with E-state index in [1.165, 1.54) is 7.11 Å². The van der Waals surface area contributed by atoms with Crippen molar-refractivity contribution in [2.45, 2.75) is 0 Å². The van der Waals surface area contributed by atoms with E-state index in [2.05, 4.69) is 4.74 Å². The van der Waals surface area contributed by atoms with E-state index in [0.29, 0.717) is 22.3 Å². The summed E-state index contributed by atoms with van der Waals surface area (Å²) in [4.78, 5) is 35.1. The topological polar surface area (TPSA) is 121 Å². The van der Waals surface area contributed by atoms with E-state index in [9.17, 15) is 14.4 Å². The molecule has 29 heavy (non-hydrogen) atoms.